The topological polar surface area (TPSA) is 0 Å². The molecule has 0 heterocycles. The predicted molar refractivity (Wildman–Crippen MR) is 118 cm³/mol. The van der Waals surface area contributed by atoms with E-state index in [1.165, 1.54) is 0 Å². The summed E-state index contributed by atoms with van der Waals surface area (Å²) in [5.41, 5.74) is 0. The van der Waals surface area contributed by atoms with Gasteiger partial charge >= 0.3 is 205 Å². The Labute approximate surface area is 202 Å². The van der Waals surface area contributed by atoms with Crippen molar-refractivity contribution in [3.63, 3.8) is 0 Å². The van der Waals surface area contributed by atoms with Crippen molar-refractivity contribution in [2.75, 3.05) is 0 Å². The molecule has 0 unspecified atom stereocenters. The molecular formula is C14H5Cl10Sb. The fourth-order valence-electron chi connectivity index (χ4n) is 2.09. The van der Waals surface area contributed by atoms with Crippen LogP contribution >= 0.6 is 116 Å². The molecule has 2 rings (SSSR count). The second kappa shape index (κ2) is 9.32. The predicted octanol–water partition coefficient (Wildman–Crippen LogP) is 8.85. The quantitative estimate of drug-likeness (QED) is 0.177. The summed E-state index contributed by atoms with van der Waals surface area (Å²) in [6, 6.07) is 0. The fourth-order valence-corrected chi connectivity index (χ4v) is 14.3. The number of halogens is 10. The van der Waals surface area contributed by atoms with E-state index in [1.807, 2.05) is 6.92 Å². The van der Waals surface area contributed by atoms with Crippen LogP contribution in [-0.4, -0.2) is 20.2 Å². The molecule has 0 aliphatic heterocycles. The van der Waals surface area contributed by atoms with Crippen molar-refractivity contribution in [1.82, 2.24) is 0 Å². The van der Waals surface area contributed by atoms with Crippen LogP contribution in [0.2, 0.25) is 54.6 Å². The van der Waals surface area contributed by atoms with Crippen molar-refractivity contribution in [2.24, 2.45) is 0 Å². The number of rotatable bonds is 3. The molecule has 0 fully saturated rings. The van der Waals surface area contributed by atoms with Crippen molar-refractivity contribution in [3.8, 4) is 0 Å². The second-order valence-electron chi connectivity index (χ2n) is 4.58. The minimum absolute atomic E-state index is 0.0861. The van der Waals surface area contributed by atoms with Gasteiger partial charge in [-0.05, 0) is 0 Å². The van der Waals surface area contributed by atoms with Gasteiger partial charge in [0.1, 0.15) is 0 Å². The van der Waals surface area contributed by atoms with Gasteiger partial charge in [-0.15, -0.1) is 0 Å². The molecule has 0 saturated heterocycles. The zero-order valence-electron chi connectivity index (χ0n) is 11.9. The van der Waals surface area contributed by atoms with E-state index in [-0.39, 0.29) is 50.2 Å². The van der Waals surface area contributed by atoms with Gasteiger partial charge in [0.05, 0.1) is 0 Å². The van der Waals surface area contributed by atoms with Gasteiger partial charge in [0, 0.05) is 0 Å². The third-order valence-corrected chi connectivity index (χ3v) is 16.8. The van der Waals surface area contributed by atoms with Crippen LogP contribution in [0.5, 0.6) is 0 Å². The number of hydrogen-bond donors (Lipinski definition) is 0. The van der Waals surface area contributed by atoms with Gasteiger partial charge in [-0.2, -0.15) is 0 Å². The van der Waals surface area contributed by atoms with Gasteiger partial charge in [-0.25, -0.2) is 0 Å². The summed E-state index contributed by atoms with van der Waals surface area (Å²) in [4.78, 5) is 0. The zero-order chi connectivity index (χ0) is 19.2. The Morgan fingerprint density at radius 2 is 0.640 bits per heavy atom. The Morgan fingerprint density at radius 3 is 0.840 bits per heavy atom. The Kier molecular flexibility index (Phi) is 8.73. The molecule has 0 aliphatic rings. The third-order valence-electron chi connectivity index (χ3n) is 3.23. The van der Waals surface area contributed by atoms with Crippen LogP contribution in [-0.2, 0) is 0 Å². The van der Waals surface area contributed by atoms with Crippen LogP contribution < -0.4 is 7.02 Å². The Bertz CT molecular complexity index is 736. The molecule has 0 nitrogen and oxygen atoms in total. The molecule has 0 bridgehead atoms. The summed E-state index contributed by atoms with van der Waals surface area (Å²) in [5.74, 6) is 0. The third kappa shape index (κ3) is 4.22. The van der Waals surface area contributed by atoms with Gasteiger partial charge in [0.15, 0.2) is 0 Å². The summed E-state index contributed by atoms with van der Waals surface area (Å²) >= 11 is 59.8. The summed E-state index contributed by atoms with van der Waals surface area (Å²) in [6.45, 7) is 1.95. The van der Waals surface area contributed by atoms with E-state index in [4.69, 9.17) is 116 Å². The van der Waals surface area contributed by atoms with Gasteiger partial charge in [0.25, 0.3) is 0 Å². The monoisotopic (exact) mass is 644 g/mol. The standard InChI is InChI=1S/2C6Cl5.C2H5.Sb/c2*7-2-1-3(8)5(10)6(11)4(2)9;1-2;/h;;1H2,2H3;. The van der Waals surface area contributed by atoms with Gasteiger partial charge < -0.3 is 0 Å². The van der Waals surface area contributed by atoms with Crippen LogP contribution in [0.25, 0.3) is 0 Å². The van der Waals surface area contributed by atoms with Gasteiger partial charge in [-0.3, -0.25) is 0 Å². The normalized spacial score (nSPS) is 11.5. The van der Waals surface area contributed by atoms with E-state index in [1.54, 1.807) is 0 Å². The van der Waals surface area contributed by atoms with Crippen LogP contribution in [0.1, 0.15) is 6.92 Å². The number of hydrogen-bond acceptors (Lipinski definition) is 0. The van der Waals surface area contributed by atoms with Gasteiger partial charge in [-0.1, -0.05) is 0 Å². The van der Waals surface area contributed by atoms with Crippen molar-refractivity contribution in [1.29, 1.82) is 0 Å². The first kappa shape index (κ1) is 23.4. The first-order valence-corrected chi connectivity index (χ1v) is 14.5. The summed E-state index contributed by atoms with van der Waals surface area (Å²) in [5, 5.41) is 1.54. The molecule has 0 aliphatic carbocycles. The fraction of sp³-hybridized carbons (Fsp3) is 0.143. The van der Waals surface area contributed by atoms with E-state index in [0.717, 1.165) is 0 Å². The molecule has 0 saturated carbocycles. The molecule has 0 atom stereocenters. The molecular weight excluding hydrogens is 644 g/mol. The molecule has 0 N–H and O–H groups in total. The summed E-state index contributed by atoms with van der Waals surface area (Å²) in [6.07, 6.45) is 0. The molecule has 0 aromatic heterocycles. The van der Waals surface area contributed by atoms with Crippen LogP contribution in [0.3, 0.4) is 0 Å². The Morgan fingerprint density at radius 1 is 0.440 bits per heavy atom. The van der Waals surface area contributed by atoms with E-state index in [9.17, 15) is 0 Å². The maximum atomic E-state index is 6.42. The first-order valence-electron chi connectivity index (χ1n) is 6.36. The molecule has 11 heteroatoms. The van der Waals surface area contributed by atoms with Crippen LogP contribution in [0.15, 0.2) is 0 Å². The molecule has 25 heavy (non-hydrogen) atoms. The van der Waals surface area contributed by atoms with Crippen molar-refractivity contribution in [2.45, 2.75) is 11.3 Å². The zero-order valence-corrected chi connectivity index (χ0v) is 22.0. The van der Waals surface area contributed by atoms with Crippen molar-refractivity contribution >= 4 is 143 Å². The Balaban J connectivity index is 2.90. The van der Waals surface area contributed by atoms with Crippen LogP contribution in [0.4, 0.5) is 0 Å². The van der Waals surface area contributed by atoms with E-state index < -0.39 is 20.2 Å². The molecule has 2 aromatic rings. The Hall–Kier alpha value is 2.16. The molecule has 0 amide bonds. The summed E-state index contributed by atoms with van der Waals surface area (Å²) < 4.78 is 1.88. The van der Waals surface area contributed by atoms with E-state index >= 15 is 0 Å². The second-order valence-corrected chi connectivity index (χ2v) is 15.2. The average molecular weight is 649 g/mol. The SMILES string of the molecule is C[CH2][Sb]([c]1c(Cl)c(Cl)c(Cl)c(Cl)c1Cl)[c]1c(Cl)c(Cl)c(Cl)c(Cl)c1Cl. The summed E-state index contributed by atoms with van der Waals surface area (Å²) in [7, 11) is 0. The van der Waals surface area contributed by atoms with Crippen molar-refractivity contribution in [3.05, 3.63) is 50.2 Å². The molecule has 0 radical (unpaired) electrons. The van der Waals surface area contributed by atoms with E-state index in [0.29, 0.717) is 11.4 Å². The van der Waals surface area contributed by atoms with Gasteiger partial charge in [0.2, 0.25) is 0 Å². The van der Waals surface area contributed by atoms with Crippen LogP contribution in [0, 0.1) is 0 Å². The van der Waals surface area contributed by atoms with E-state index in [2.05, 4.69) is 0 Å². The maximum absolute atomic E-state index is 6.42. The molecule has 0 spiro atoms. The average Bonchev–Trinajstić information content (AvgIpc) is 2.60. The van der Waals surface area contributed by atoms with Crippen molar-refractivity contribution < 1.29 is 0 Å². The number of benzene rings is 2. The molecule has 2 aromatic carbocycles. The minimum atomic E-state index is -2.77. The molecule has 136 valence electrons. The first-order chi connectivity index (χ1) is 11.6.